The van der Waals surface area contributed by atoms with E-state index < -0.39 is 39.1 Å². The Morgan fingerprint density at radius 2 is 1.93 bits per heavy atom. The molecule has 0 aliphatic heterocycles. The number of hydrogen-bond acceptors (Lipinski definition) is 7. The van der Waals surface area contributed by atoms with Crippen molar-refractivity contribution in [1.29, 1.82) is 0 Å². The lowest BCUT2D eigenvalue weighted by atomic mass is 10.0. The van der Waals surface area contributed by atoms with E-state index in [2.05, 4.69) is 15.7 Å². The zero-order chi connectivity index (χ0) is 22.4. The van der Waals surface area contributed by atoms with Gasteiger partial charge in [0, 0.05) is 5.56 Å². The molecule has 0 bridgehead atoms. The minimum Gasteiger partial charge on any atom is -0.479 e. The Bertz CT molecular complexity index is 1070. The lowest BCUT2D eigenvalue weighted by Crippen LogP contribution is -2.31. The van der Waals surface area contributed by atoms with Crippen molar-refractivity contribution >= 4 is 43.7 Å². The molecule has 0 radical (unpaired) electrons. The summed E-state index contributed by atoms with van der Waals surface area (Å²) < 4.78 is 72.2. The summed E-state index contributed by atoms with van der Waals surface area (Å²) in [6.45, 7) is 9.56. The number of aliphatic carboxylic acids is 1. The van der Waals surface area contributed by atoms with Gasteiger partial charge in [0.25, 0.3) is 0 Å². The molecule has 1 N–H and O–H groups in total. The van der Waals surface area contributed by atoms with E-state index in [0.29, 0.717) is 0 Å². The summed E-state index contributed by atoms with van der Waals surface area (Å²) in [5.74, 6) is -2.30. The maximum absolute atomic E-state index is 13.0. The molecule has 12 heteroatoms. The number of fused-ring (bicyclic) bond motifs is 1. The second kappa shape index (κ2) is 7.58. The molecule has 1 atom stereocenters. The Balaban J connectivity index is 2.88. The first-order chi connectivity index (χ1) is 13.1. The standard InChI is InChI=1S/C17H18F3NO6S2/c1-6-10-21-9-7-8(2)11(13(15(22)23)26-16(3,4)5)12(14(9)28-10)27-29(24,25)17(18,19)20/h6-7,13H,1H2,2-5H3,(H,22,23). The van der Waals surface area contributed by atoms with Crippen molar-refractivity contribution in [3.63, 3.8) is 0 Å². The first kappa shape index (κ1) is 23.1. The summed E-state index contributed by atoms with van der Waals surface area (Å²) in [7, 11) is -6.08. The topological polar surface area (TPSA) is 103 Å². The monoisotopic (exact) mass is 453 g/mol. The van der Waals surface area contributed by atoms with Gasteiger partial charge in [-0.3, -0.25) is 0 Å². The van der Waals surface area contributed by atoms with Crippen molar-refractivity contribution in [1.82, 2.24) is 4.98 Å². The second-order valence-electron chi connectivity index (χ2n) is 6.97. The van der Waals surface area contributed by atoms with E-state index in [1.807, 2.05) is 0 Å². The van der Waals surface area contributed by atoms with Gasteiger partial charge in [-0.1, -0.05) is 6.58 Å². The molecule has 0 saturated heterocycles. The molecule has 0 aliphatic carbocycles. The van der Waals surface area contributed by atoms with Gasteiger partial charge in [0.2, 0.25) is 0 Å². The fraction of sp³-hybridized carbons (Fsp3) is 0.412. The Labute approximate surface area is 168 Å². The van der Waals surface area contributed by atoms with Crippen LogP contribution in [0.15, 0.2) is 12.6 Å². The van der Waals surface area contributed by atoms with E-state index in [0.717, 1.165) is 11.3 Å². The Morgan fingerprint density at radius 1 is 1.34 bits per heavy atom. The number of carbonyl (C=O) groups is 1. The predicted octanol–water partition coefficient (Wildman–Crippen LogP) is 4.42. The third-order valence-electron chi connectivity index (χ3n) is 3.51. The zero-order valence-corrected chi connectivity index (χ0v) is 17.5. The highest BCUT2D eigenvalue weighted by molar-refractivity contribution is 7.88. The van der Waals surface area contributed by atoms with Gasteiger partial charge in [0.15, 0.2) is 11.9 Å². The predicted molar refractivity (Wildman–Crippen MR) is 101 cm³/mol. The van der Waals surface area contributed by atoms with E-state index in [-0.39, 0.29) is 26.4 Å². The molecule has 2 aromatic rings. The summed E-state index contributed by atoms with van der Waals surface area (Å²) in [5.41, 5.74) is -6.78. The van der Waals surface area contributed by atoms with Crippen molar-refractivity contribution < 1.29 is 40.4 Å². The number of alkyl halides is 3. The van der Waals surface area contributed by atoms with Crippen LogP contribution in [0.2, 0.25) is 0 Å². The van der Waals surface area contributed by atoms with E-state index in [1.54, 1.807) is 20.8 Å². The lowest BCUT2D eigenvalue weighted by molar-refractivity contribution is -0.160. The number of aryl methyl sites for hydroxylation is 1. The number of aromatic nitrogens is 1. The first-order valence-electron chi connectivity index (χ1n) is 8.05. The number of rotatable bonds is 6. The normalized spacial score (nSPS) is 14.0. The van der Waals surface area contributed by atoms with Gasteiger partial charge < -0.3 is 14.0 Å². The zero-order valence-electron chi connectivity index (χ0n) is 15.8. The first-order valence-corrected chi connectivity index (χ1v) is 10.3. The van der Waals surface area contributed by atoms with Crippen molar-refractivity contribution in [2.45, 2.75) is 44.9 Å². The number of carboxylic acids is 1. The highest BCUT2D eigenvalue weighted by Gasteiger charge is 2.49. The Morgan fingerprint density at radius 3 is 2.38 bits per heavy atom. The molecule has 1 unspecified atom stereocenters. The Kier molecular flexibility index (Phi) is 6.04. The van der Waals surface area contributed by atoms with Crippen LogP contribution in [0.4, 0.5) is 13.2 Å². The molecule has 0 spiro atoms. The average Bonchev–Trinajstić information content (AvgIpc) is 2.94. The number of hydrogen-bond donors (Lipinski definition) is 1. The van der Waals surface area contributed by atoms with Crippen LogP contribution in [0.3, 0.4) is 0 Å². The largest absolute Gasteiger partial charge is 0.534 e. The van der Waals surface area contributed by atoms with Crippen LogP contribution >= 0.6 is 11.3 Å². The van der Waals surface area contributed by atoms with Gasteiger partial charge >= 0.3 is 21.6 Å². The summed E-state index contributed by atoms with van der Waals surface area (Å²) in [6, 6.07) is 1.42. The molecule has 2 rings (SSSR count). The SMILES string of the molecule is C=Cc1nc2cc(C)c(C(OC(C)(C)C)C(=O)O)c(OS(=O)(=O)C(F)(F)F)c2s1. The van der Waals surface area contributed by atoms with Gasteiger partial charge in [-0.25, -0.2) is 9.78 Å². The maximum atomic E-state index is 13.0. The second-order valence-corrected chi connectivity index (χ2v) is 9.54. The molecule has 1 aromatic heterocycles. The van der Waals surface area contributed by atoms with E-state index >= 15 is 0 Å². The molecule has 29 heavy (non-hydrogen) atoms. The van der Waals surface area contributed by atoms with Crippen LogP contribution < -0.4 is 4.18 Å². The summed E-state index contributed by atoms with van der Waals surface area (Å²) in [4.78, 5) is 16.0. The quantitative estimate of drug-likeness (QED) is 0.510. The molecule has 0 aliphatic rings. The highest BCUT2D eigenvalue weighted by Crippen LogP contribution is 2.44. The fourth-order valence-electron chi connectivity index (χ4n) is 2.43. The maximum Gasteiger partial charge on any atom is 0.534 e. The van der Waals surface area contributed by atoms with Crippen LogP contribution in [0.25, 0.3) is 16.3 Å². The van der Waals surface area contributed by atoms with Crippen LogP contribution in [0.1, 0.15) is 43.0 Å². The smallest absolute Gasteiger partial charge is 0.479 e. The lowest BCUT2D eigenvalue weighted by Gasteiger charge is -2.27. The number of nitrogens with zero attached hydrogens (tertiary/aromatic N) is 1. The summed E-state index contributed by atoms with van der Waals surface area (Å²) in [5, 5.41) is 9.93. The number of halogens is 3. The minimum atomic E-state index is -6.08. The van der Waals surface area contributed by atoms with Crippen molar-refractivity contribution in [2.24, 2.45) is 0 Å². The fourth-order valence-corrected chi connectivity index (χ4v) is 3.86. The van der Waals surface area contributed by atoms with Gasteiger partial charge in [-0.05, 0) is 45.4 Å². The van der Waals surface area contributed by atoms with Gasteiger partial charge in [-0.15, -0.1) is 11.3 Å². The van der Waals surface area contributed by atoms with E-state index in [9.17, 15) is 31.5 Å². The molecule has 0 saturated carbocycles. The third kappa shape index (κ3) is 4.87. The minimum absolute atomic E-state index is 0.0721. The number of ether oxygens (including phenoxy) is 1. The van der Waals surface area contributed by atoms with Gasteiger partial charge in [-0.2, -0.15) is 21.6 Å². The van der Waals surface area contributed by atoms with Crippen molar-refractivity contribution in [3.05, 3.63) is 28.8 Å². The summed E-state index contributed by atoms with van der Waals surface area (Å²) >= 11 is 0.811. The molecular formula is C17H18F3NO6S2. The van der Waals surface area contributed by atoms with Gasteiger partial charge in [0.05, 0.1) is 15.8 Å². The van der Waals surface area contributed by atoms with Crippen LogP contribution in [-0.2, 0) is 19.6 Å². The summed E-state index contributed by atoms with van der Waals surface area (Å²) in [6.07, 6.45) is -0.464. The average molecular weight is 453 g/mol. The van der Waals surface area contributed by atoms with E-state index in [4.69, 9.17) is 4.74 Å². The van der Waals surface area contributed by atoms with Crippen molar-refractivity contribution in [2.75, 3.05) is 0 Å². The molecule has 0 fully saturated rings. The Hall–Kier alpha value is -2.18. The molecular weight excluding hydrogens is 435 g/mol. The molecule has 1 heterocycles. The van der Waals surface area contributed by atoms with Crippen molar-refractivity contribution in [3.8, 4) is 5.75 Å². The van der Waals surface area contributed by atoms with Gasteiger partial charge in [0.1, 0.15) is 5.01 Å². The molecule has 7 nitrogen and oxygen atoms in total. The third-order valence-corrected chi connectivity index (χ3v) is 5.53. The molecule has 160 valence electrons. The number of thiazole rings is 1. The number of carboxylic acid groups (broad SMARTS) is 1. The van der Waals surface area contributed by atoms with Crippen LogP contribution in [0, 0.1) is 6.92 Å². The molecule has 0 amide bonds. The molecule has 1 aromatic carbocycles. The van der Waals surface area contributed by atoms with Crippen LogP contribution in [0.5, 0.6) is 5.75 Å². The van der Waals surface area contributed by atoms with E-state index in [1.165, 1.54) is 19.1 Å². The number of benzene rings is 1. The highest BCUT2D eigenvalue weighted by atomic mass is 32.2. The van der Waals surface area contributed by atoms with Crippen LogP contribution in [-0.4, -0.2) is 35.6 Å².